The van der Waals surface area contributed by atoms with E-state index in [0.29, 0.717) is 6.07 Å². The normalized spacial score (nSPS) is 15.6. The molecule has 6 N–H and O–H groups in total. The van der Waals surface area contributed by atoms with Gasteiger partial charge >= 0.3 is 0 Å². The molecule has 0 aromatic heterocycles. The Bertz CT molecular complexity index is 1260. The van der Waals surface area contributed by atoms with Crippen molar-refractivity contribution in [3.05, 3.63) is 24.3 Å². The zero-order chi connectivity index (χ0) is 18.9. The Hall–Kier alpha value is -2.19. The predicted octanol–water partition coefficient (Wildman–Crippen LogP) is 0.158. The molecule has 2 aromatic carbocycles. The lowest BCUT2D eigenvalue weighted by Gasteiger charge is -2.12. The maximum Gasteiger partial charge on any atom is 0.298 e. The van der Waals surface area contributed by atoms with Crippen LogP contribution in [-0.2, 0) is 30.1 Å². The quantitative estimate of drug-likeness (QED) is 0.336. The van der Waals surface area contributed by atoms with E-state index in [4.69, 9.17) is 11.5 Å². The lowest BCUT2D eigenvalue weighted by molar-refractivity contribution is 0.467. The van der Waals surface area contributed by atoms with Gasteiger partial charge in [0.1, 0.15) is 9.79 Å². The van der Waals surface area contributed by atoms with Crippen molar-refractivity contribution >= 4 is 41.4 Å². The highest BCUT2D eigenvalue weighted by molar-refractivity contribution is 7.92. The second-order valence-electron chi connectivity index (χ2n) is 5.21. The van der Waals surface area contributed by atoms with Crippen molar-refractivity contribution in [3.8, 4) is 11.1 Å². The molecule has 0 amide bonds. The number of sulfone groups is 1. The average molecular weight is 406 g/mol. The van der Waals surface area contributed by atoms with Crippen molar-refractivity contribution < 1.29 is 34.4 Å². The van der Waals surface area contributed by atoms with Crippen molar-refractivity contribution in [1.82, 2.24) is 0 Å². The van der Waals surface area contributed by atoms with Gasteiger partial charge in [-0.3, -0.25) is 9.11 Å². The van der Waals surface area contributed by atoms with Gasteiger partial charge < -0.3 is 11.5 Å². The molecule has 0 fully saturated rings. The first-order valence-corrected chi connectivity index (χ1v) is 10.7. The average Bonchev–Trinajstić information content (AvgIpc) is 2.64. The number of benzene rings is 2. The highest BCUT2D eigenvalue weighted by Gasteiger charge is 2.42. The van der Waals surface area contributed by atoms with Gasteiger partial charge in [-0.05, 0) is 18.2 Å². The van der Waals surface area contributed by atoms with Crippen LogP contribution >= 0.6 is 0 Å². The molecule has 25 heavy (non-hydrogen) atoms. The fourth-order valence-electron chi connectivity index (χ4n) is 2.70. The van der Waals surface area contributed by atoms with Crippen LogP contribution in [0.1, 0.15) is 0 Å². The minimum atomic E-state index is -5.28. The molecule has 10 nitrogen and oxygen atoms in total. The maximum absolute atomic E-state index is 12.6. The van der Waals surface area contributed by atoms with Gasteiger partial charge in [-0.15, -0.1) is 0 Å². The number of nitrogen functional groups attached to an aromatic ring is 2. The van der Waals surface area contributed by atoms with E-state index in [1.807, 2.05) is 0 Å². The summed E-state index contributed by atoms with van der Waals surface area (Å²) in [5.41, 5.74) is 9.43. The van der Waals surface area contributed by atoms with Gasteiger partial charge in [-0.1, -0.05) is 6.07 Å². The molecule has 0 aliphatic carbocycles. The number of hydrogen-bond donors (Lipinski definition) is 4. The molecule has 0 saturated heterocycles. The van der Waals surface area contributed by atoms with Gasteiger partial charge in [0.2, 0.25) is 9.84 Å². The summed E-state index contributed by atoms with van der Waals surface area (Å²) in [7, 11) is -14.7. The van der Waals surface area contributed by atoms with Crippen molar-refractivity contribution in [2.45, 2.75) is 19.6 Å². The molecule has 0 atom stereocenters. The summed E-state index contributed by atoms with van der Waals surface area (Å²) in [6.07, 6.45) is 0. The Morgan fingerprint density at radius 1 is 0.840 bits per heavy atom. The monoisotopic (exact) mass is 406 g/mol. The molecule has 0 saturated carbocycles. The van der Waals surface area contributed by atoms with Crippen LogP contribution in [0.2, 0.25) is 0 Å². The van der Waals surface area contributed by atoms with E-state index in [2.05, 4.69) is 0 Å². The fourth-order valence-corrected chi connectivity index (χ4v) is 6.67. The highest BCUT2D eigenvalue weighted by Crippen LogP contribution is 2.50. The maximum atomic E-state index is 12.6. The van der Waals surface area contributed by atoms with Gasteiger partial charge in [-0.2, -0.15) is 16.8 Å². The first-order chi connectivity index (χ1) is 11.3. The summed E-state index contributed by atoms with van der Waals surface area (Å²) in [6, 6.07) is 4.19. The largest absolute Gasteiger partial charge is 0.399 e. The van der Waals surface area contributed by atoms with Crippen LogP contribution in [0.5, 0.6) is 0 Å². The van der Waals surface area contributed by atoms with E-state index in [1.54, 1.807) is 0 Å². The third kappa shape index (κ3) is 2.47. The number of rotatable bonds is 2. The van der Waals surface area contributed by atoms with Crippen molar-refractivity contribution in [2.75, 3.05) is 11.5 Å². The molecule has 0 radical (unpaired) electrons. The Morgan fingerprint density at radius 2 is 1.40 bits per heavy atom. The van der Waals surface area contributed by atoms with Gasteiger partial charge in [0.05, 0.1) is 15.5 Å². The van der Waals surface area contributed by atoms with Crippen LogP contribution < -0.4 is 11.5 Å². The first kappa shape index (κ1) is 17.6. The van der Waals surface area contributed by atoms with Crippen molar-refractivity contribution in [1.29, 1.82) is 0 Å². The molecule has 1 aliphatic heterocycles. The summed E-state index contributed by atoms with van der Waals surface area (Å²) in [6.45, 7) is 0. The Morgan fingerprint density at radius 3 is 1.92 bits per heavy atom. The molecule has 3 rings (SSSR count). The Kier molecular flexibility index (Phi) is 3.47. The summed E-state index contributed by atoms with van der Waals surface area (Å²) >= 11 is 0. The third-order valence-corrected chi connectivity index (χ3v) is 7.43. The number of nitrogens with two attached hydrogens (primary N) is 2. The second kappa shape index (κ2) is 4.92. The fraction of sp³-hybridized carbons (Fsp3) is 0. The lowest BCUT2D eigenvalue weighted by Crippen LogP contribution is -2.14. The summed E-state index contributed by atoms with van der Waals surface area (Å²) in [5.74, 6) is 0. The molecule has 0 bridgehead atoms. The Labute approximate surface area is 142 Å². The van der Waals surface area contributed by atoms with E-state index in [1.165, 1.54) is 6.07 Å². The van der Waals surface area contributed by atoms with Crippen LogP contribution in [0, 0.1) is 0 Å². The molecule has 13 heteroatoms. The van der Waals surface area contributed by atoms with Crippen LogP contribution in [0.4, 0.5) is 11.4 Å². The van der Waals surface area contributed by atoms with Crippen LogP contribution in [0.3, 0.4) is 0 Å². The van der Waals surface area contributed by atoms with Gasteiger partial charge in [0.15, 0.2) is 0 Å². The molecular weight excluding hydrogens is 396 g/mol. The zero-order valence-electron chi connectivity index (χ0n) is 12.0. The molecule has 1 heterocycles. The SMILES string of the molecule is Nc1ccc2c(c1)S(=O)(=O)c1cc(N)c(S(=O)(=O)O)c(S(=O)(=O)O)c1-2. The number of anilines is 2. The standard InChI is InChI=1S/C12H10N2O8S3/c13-5-1-2-6-8(3-5)23(15,16)9-4-7(14)11(24(17,18)19)12(10(6)9)25(20,21)22/h1-4H,13-14H2,(H,17,18,19)(H,20,21,22). The van der Waals surface area contributed by atoms with Gasteiger partial charge in [0.25, 0.3) is 20.2 Å². The molecule has 0 spiro atoms. The van der Waals surface area contributed by atoms with Crippen LogP contribution in [0.25, 0.3) is 11.1 Å². The first-order valence-electron chi connectivity index (χ1n) is 6.32. The molecule has 134 valence electrons. The van der Waals surface area contributed by atoms with E-state index in [0.717, 1.165) is 12.1 Å². The van der Waals surface area contributed by atoms with Gasteiger partial charge in [0, 0.05) is 16.8 Å². The van der Waals surface area contributed by atoms with E-state index >= 15 is 0 Å². The highest BCUT2D eigenvalue weighted by atomic mass is 32.2. The van der Waals surface area contributed by atoms with E-state index in [9.17, 15) is 34.4 Å². The van der Waals surface area contributed by atoms with Crippen molar-refractivity contribution in [3.63, 3.8) is 0 Å². The second-order valence-corrected chi connectivity index (χ2v) is 9.81. The molecule has 2 aromatic rings. The molecule has 1 aliphatic rings. The van der Waals surface area contributed by atoms with Crippen LogP contribution in [0.15, 0.2) is 43.8 Å². The minimum Gasteiger partial charge on any atom is -0.399 e. The van der Waals surface area contributed by atoms with Gasteiger partial charge in [-0.25, -0.2) is 8.42 Å². The smallest absolute Gasteiger partial charge is 0.298 e. The zero-order valence-corrected chi connectivity index (χ0v) is 14.5. The predicted molar refractivity (Wildman–Crippen MR) is 85.8 cm³/mol. The topological polar surface area (TPSA) is 195 Å². The minimum absolute atomic E-state index is 0.0616. The van der Waals surface area contributed by atoms with E-state index in [-0.39, 0.29) is 16.1 Å². The third-order valence-electron chi connectivity index (χ3n) is 3.60. The summed E-state index contributed by atoms with van der Waals surface area (Å²) in [4.78, 5) is -3.60. The van der Waals surface area contributed by atoms with Crippen LogP contribution in [-0.4, -0.2) is 34.4 Å². The van der Waals surface area contributed by atoms with E-state index < -0.39 is 56.0 Å². The Balaban J connectivity index is 2.69. The summed E-state index contributed by atoms with van der Waals surface area (Å²) < 4.78 is 90.8. The number of hydrogen-bond acceptors (Lipinski definition) is 8. The number of fused-ring (bicyclic) bond motifs is 3. The van der Waals surface area contributed by atoms with Crippen molar-refractivity contribution in [2.24, 2.45) is 0 Å². The lowest BCUT2D eigenvalue weighted by atomic mass is 10.0. The molecule has 0 unspecified atom stereocenters. The molecular formula is C12H10N2O8S3. The summed E-state index contributed by atoms with van der Waals surface area (Å²) in [5, 5.41) is 0.